The van der Waals surface area contributed by atoms with Crippen LogP contribution in [0.5, 0.6) is 0 Å². The van der Waals surface area contributed by atoms with E-state index in [1.807, 2.05) is 11.8 Å². The van der Waals surface area contributed by atoms with E-state index < -0.39 is 0 Å². The van der Waals surface area contributed by atoms with Crippen LogP contribution in [0.15, 0.2) is 64.0 Å². The van der Waals surface area contributed by atoms with E-state index in [0.717, 1.165) is 6.54 Å². The van der Waals surface area contributed by atoms with Crippen LogP contribution in [0.1, 0.15) is 30.4 Å². The van der Waals surface area contributed by atoms with Crippen LogP contribution >= 0.6 is 11.8 Å². The SMILES string of the molecule is c1ccc2c(c1)Sc1ccccc1C2=C1CCCCN1. The second-order valence-corrected chi connectivity index (χ2v) is 6.42. The normalized spacial score (nSPS) is 17.2. The van der Waals surface area contributed by atoms with Gasteiger partial charge in [-0.15, -0.1) is 0 Å². The molecule has 0 spiro atoms. The minimum atomic E-state index is 1.11. The average Bonchev–Trinajstić information content (AvgIpc) is 2.53. The summed E-state index contributed by atoms with van der Waals surface area (Å²) >= 11 is 1.89. The first-order chi connectivity index (χ1) is 9.93. The van der Waals surface area contributed by atoms with Gasteiger partial charge in [0.05, 0.1) is 0 Å². The molecule has 0 aromatic heterocycles. The maximum Gasteiger partial charge on any atom is 0.0201 e. The van der Waals surface area contributed by atoms with Crippen molar-refractivity contribution >= 4 is 17.3 Å². The summed E-state index contributed by atoms with van der Waals surface area (Å²) in [4.78, 5) is 2.75. The highest BCUT2D eigenvalue weighted by atomic mass is 32.2. The lowest BCUT2D eigenvalue weighted by Gasteiger charge is -2.27. The Kier molecular flexibility index (Phi) is 3.04. The molecule has 1 fully saturated rings. The van der Waals surface area contributed by atoms with Crippen molar-refractivity contribution < 1.29 is 0 Å². The molecule has 2 heteroatoms. The second kappa shape index (κ2) is 5.02. The summed E-state index contributed by atoms with van der Waals surface area (Å²) < 4.78 is 0. The van der Waals surface area contributed by atoms with Crippen LogP contribution in [0.2, 0.25) is 0 Å². The first-order valence-electron chi connectivity index (χ1n) is 7.27. The van der Waals surface area contributed by atoms with E-state index in [4.69, 9.17) is 0 Å². The van der Waals surface area contributed by atoms with Crippen molar-refractivity contribution in [2.45, 2.75) is 29.1 Å². The number of fused-ring (bicyclic) bond motifs is 2. The Labute approximate surface area is 124 Å². The highest BCUT2D eigenvalue weighted by molar-refractivity contribution is 7.99. The molecule has 1 saturated heterocycles. The number of hydrogen-bond donors (Lipinski definition) is 1. The summed E-state index contributed by atoms with van der Waals surface area (Å²) in [6, 6.07) is 17.6. The monoisotopic (exact) mass is 279 g/mol. The fourth-order valence-corrected chi connectivity index (χ4v) is 4.17. The number of allylic oxidation sites excluding steroid dienone is 1. The first kappa shape index (κ1) is 12.1. The molecule has 1 N–H and O–H groups in total. The van der Waals surface area contributed by atoms with Crippen molar-refractivity contribution in [2.24, 2.45) is 0 Å². The van der Waals surface area contributed by atoms with E-state index in [1.165, 1.54) is 51.5 Å². The third kappa shape index (κ3) is 1.95. The number of benzene rings is 2. The molecule has 2 aliphatic rings. The van der Waals surface area contributed by atoms with Crippen molar-refractivity contribution in [3.63, 3.8) is 0 Å². The lowest BCUT2D eigenvalue weighted by Crippen LogP contribution is -2.22. The fourth-order valence-electron chi connectivity index (χ4n) is 3.08. The molecule has 100 valence electrons. The Hall–Kier alpha value is -1.67. The van der Waals surface area contributed by atoms with Gasteiger partial charge in [0.2, 0.25) is 0 Å². The van der Waals surface area contributed by atoms with Gasteiger partial charge in [0.15, 0.2) is 0 Å². The van der Waals surface area contributed by atoms with Crippen molar-refractivity contribution in [2.75, 3.05) is 6.54 Å². The van der Waals surface area contributed by atoms with Gasteiger partial charge < -0.3 is 5.32 Å². The summed E-state index contributed by atoms with van der Waals surface area (Å²) in [7, 11) is 0. The van der Waals surface area contributed by atoms with Gasteiger partial charge >= 0.3 is 0 Å². The maximum absolute atomic E-state index is 3.64. The molecule has 2 aromatic carbocycles. The van der Waals surface area contributed by atoms with Crippen molar-refractivity contribution in [1.29, 1.82) is 0 Å². The van der Waals surface area contributed by atoms with Gasteiger partial charge in [-0.25, -0.2) is 0 Å². The molecule has 0 radical (unpaired) electrons. The Bertz CT molecular complexity index is 632. The molecule has 4 rings (SSSR count). The van der Waals surface area contributed by atoms with Crippen LogP contribution in [0, 0.1) is 0 Å². The Morgan fingerprint density at radius 2 is 1.45 bits per heavy atom. The van der Waals surface area contributed by atoms with Gasteiger partial charge in [0.25, 0.3) is 0 Å². The number of nitrogens with one attached hydrogen (secondary N) is 1. The second-order valence-electron chi connectivity index (χ2n) is 5.33. The van der Waals surface area contributed by atoms with Crippen LogP contribution in [0.25, 0.3) is 5.57 Å². The van der Waals surface area contributed by atoms with Crippen LogP contribution in [0.3, 0.4) is 0 Å². The zero-order valence-corrected chi connectivity index (χ0v) is 12.2. The minimum absolute atomic E-state index is 1.11. The molecule has 0 aliphatic carbocycles. The Balaban J connectivity index is 1.97. The number of hydrogen-bond acceptors (Lipinski definition) is 2. The van der Waals surface area contributed by atoms with E-state index >= 15 is 0 Å². The van der Waals surface area contributed by atoms with Gasteiger partial charge in [0.1, 0.15) is 0 Å². The van der Waals surface area contributed by atoms with Gasteiger partial charge in [-0.3, -0.25) is 0 Å². The zero-order chi connectivity index (χ0) is 13.4. The molecular weight excluding hydrogens is 262 g/mol. The average molecular weight is 279 g/mol. The molecule has 2 heterocycles. The molecule has 0 amide bonds. The molecule has 0 saturated carbocycles. The van der Waals surface area contributed by atoms with Crippen molar-refractivity contribution in [1.82, 2.24) is 5.32 Å². The predicted molar refractivity (Wildman–Crippen MR) is 84.9 cm³/mol. The highest BCUT2D eigenvalue weighted by Gasteiger charge is 2.23. The van der Waals surface area contributed by atoms with Gasteiger partial charge in [-0.05, 0) is 42.5 Å². The zero-order valence-electron chi connectivity index (χ0n) is 11.4. The van der Waals surface area contributed by atoms with Gasteiger partial charge in [-0.1, -0.05) is 48.2 Å². The van der Waals surface area contributed by atoms with E-state index in [9.17, 15) is 0 Å². The van der Waals surface area contributed by atoms with Gasteiger partial charge in [-0.2, -0.15) is 0 Å². The number of piperidine rings is 1. The molecule has 2 aliphatic heterocycles. The standard InChI is InChI=1S/C18H17NS/c1-3-10-16-13(7-1)18(15-9-5-6-12-19-15)14-8-2-4-11-17(14)20-16/h1-4,7-8,10-11,19H,5-6,9,12H2. The van der Waals surface area contributed by atoms with E-state index in [1.54, 1.807) is 0 Å². The molecule has 2 aromatic rings. The summed E-state index contributed by atoms with van der Waals surface area (Å²) in [5, 5.41) is 3.64. The highest BCUT2D eigenvalue weighted by Crippen LogP contribution is 2.46. The van der Waals surface area contributed by atoms with Crippen LogP contribution in [-0.4, -0.2) is 6.54 Å². The summed E-state index contributed by atoms with van der Waals surface area (Å²) in [5.41, 5.74) is 5.63. The molecular formula is C18H17NS. The third-order valence-electron chi connectivity index (χ3n) is 4.03. The third-order valence-corrected chi connectivity index (χ3v) is 5.18. The molecule has 0 unspecified atom stereocenters. The van der Waals surface area contributed by atoms with Crippen LogP contribution < -0.4 is 5.32 Å². The summed E-state index contributed by atoms with van der Waals surface area (Å²) in [5.74, 6) is 0. The summed E-state index contributed by atoms with van der Waals surface area (Å²) in [6.07, 6.45) is 3.75. The fraction of sp³-hybridized carbons (Fsp3) is 0.222. The Morgan fingerprint density at radius 3 is 2.05 bits per heavy atom. The van der Waals surface area contributed by atoms with Gasteiger partial charge in [0, 0.05) is 27.6 Å². The first-order valence-corrected chi connectivity index (χ1v) is 8.09. The quantitative estimate of drug-likeness (QED) is 0.641. The smallest absolute Gasteiger partial charge is 0.0201 e. The van der Waals surface area contributed by atoms with E-state index in [2.05, 4.69) is 53.8 Å². The van der Waals surface area contributed by atoms with Crippen molar-refractivity contribution in [3.8, 4) is 0 Å². The number of rotatable bonds is 0. The molecule has 1 nitrogen and oxygen atoms in total. The van der Waals surface area contributed by atoms with E-state index in [-0.39, 0.29) is 0 Å². The van der Waals surface area contributed by atoms with Crippen LogP contribution in [0.4, 0.5) is 0 Å². The van der Waals surface area contributed by atoms with Crippen molar-refractivity contribution in [3.05, 3.63) is 65.4 Å². The molecule has 20 heavy (non-hydrogen) atoms. The summed E-state index contributed by atoms with van der Waals surface area (Å²) in [6.45, 7) is 1.11. The predicted octanol–water partition coefficient (Wildman–Crippen LogP) is 4.68. The lowest BCUT2D eigenvalue weighted by atomic mass is 9.92. The minimum Gasteiger partial charge on any atom is -0.388 e. The molecule has 0 atom stereocenters. The molecule has 0 bridgehead atoms. The lowest BCUT2D eigenvalue weighted by molar-refractivity contribution is 0.590. The topological polar surface area (TPSA) is 12.0 Å². The van der Waals surface area contributed by atoms with Crippen LogP contribution in [-0.2, 0) is 0 Å². The van der Waals surface area contributed by atoms with E-state index in [0.29, 0.717) is 0 Å². The maximum atomic E-state index is 3.64. The Morgan fingerprint density at radius 1 is 0.800 bits per heavy atom. The largest absolute Gasteiger partial charge is 0.388 e.